The third kappa shape index (κ3) is 3.64. The molecule has 0 aromatic carbocycles. The van der Waals surface area contributed by atoms with E-state index in [4.69, 9.17) is 0 Å². The van der Waals surface area contributed by atoms with Gasteiger partial charge in [0.15, 0.2) is 0 Å². The molecule has 20 heavy (non-hydrogen) atoms. The summed E-state index contributed by atoms with van der Waals surface area (Å²) < 4.78 is 1.52. The molecule has 0 saturated heterocycles. The van der Waals surface area contributed by atoms with Crippen molar-refractivity contribution in [3.63, 3.8) is 0 Å². The van der Waals surface area contributed by atoms with Crippen molar-refractivity contribution in [2.24, 2.45) is 0 Å². The highest BCUT2D eigenvalue weighted by Crippen LogP contribution is 1.92. The zero-order valence-electron chi connectivity index (χ0n) is 11.4. The van der Waals surface area contributed by atoms with Gasteiger partial charge in [-0.1, -0.05) is 13.0 Å². The van der Waals surface area contributed by atoms with Crippen LogP contribution in [0, 0.1) is 0 Å². The van der Waals surface area contributed by atoms with Gasteiger partial charge in [-0.05, 0) is 18.6 Å². The summed E-state index contributed by atoms with van der Waals surface area (Å²) in [4.78, 5) is 29.6. The van der Waals surface area contributed by atoms with Gasteiger partial charge in [0, 0.05) is 37.6 Å². The number of hydrogen-bond donors (Lipinski definition) is 2. The number of hydrogen-bond acceptors (Lipinski definition) is 4. The monoisotopic (exact) mass is 274 g/mol. The van der Waals surface area contributed by atoms with Crippen LogP contribution in [0.3, 0.4) is 0 Å². The molecule has 2 rings (SSSR count). The van der Waals surface area contributed by atoms with Crippen molar-refractivity contribution in [3.8, 4) is 0 Å². The summed E-state index contributed by atoms with van der Waals surface area (Å²) in [6.07, 6.45) is 3.98. The molecule has 0 bridgehead atoms. The molecule has 0 unspecified atom stereocenters. The summed E-state index contributed by atoms with van der Waals surface area (Å²) in [7, 11) is 0. The van der Waals surface area contributed by atoms with Crippen LogP contribution in [0.2, 0.25) is 0 Å². The second-order valence-corrected chi connectivity index (χ2v) is 4.46. The molecule has 106 valence electrons. The Kier molecular flexibility index (Phi) is 4.84. The van der Waals surface area contributed by atoms with Crippen LogP contribution < -0.4 is 16.6 Å². The van der Waals surface area contributed by atoms with Crippen molar-refractivity contribution in [1.29, 1.82) is 0 Å². The van der Waals surface area contributed by atoms with Gasteiger partial charge in [0.05, 0.1) is 5.69 Å². The Labute approximate surface area is 116 Å². The SMILES string of the molecule is CCc1cn(CCNCc2ccccn2)c(=O)[nH]c1=O. The molecule has 0 spiro atoms. The number of aromatic amines is 1. The number of nitrogens with zero attached hydrogens (tertiary/aromatic N) is 2. The van der Waals surface area contributed by atoms with Gasteiger partial charge in [-0.15, -0.1) is 0 Å². The number of nitrogens with one attached hydrogen (secondary N) is 2. The fourth-order valence-electron chi connectivity index (χ4n) is 1.89. The molecule has 0 saturated carbocycles. The lowest BCUT2D eigenvalue weighted by Crippen LogP contribution is -2.34. The van der Waals surface area contributed by atoms with E-state index >= 15 is 0 Å². The summed E-state index contributed by atoms with van der Waals surface area (Å²) in [6, 6.07) is 5.74. The quantitative estimate of drug-likeness (QED) is 0.742. The van der Waals surface area contributed by atoms with Gasteiger partial charge >= 0.3 is 5.69 Å². The summed E-state index contributed by atoms with van der Waals surface area (Å²) >= 11 is 0. The number of pyridine rings is 1. The van der Waals surface area contributed by atoms with E-state index in [9.17, 15) is 9.59 Å². The summed E-state index contributed by atoms with van der Waals surface area (Å²) in [6.45, 7) is 3.68. The van der Waals surface area contributed by atoms with Gasteiger partial charge in [0.2, 0.25) is 0 Å². The molecule has 0 fully saturated rings. The first-order valence-electron chi connectivity index (χ1n) is 6.64. The predicted octanol–water partition coefficient (Wildman–Crippen LogP) is 0.284. The van der Waals surface area contributed by atoms with Crippen molar-refractivity contribution in [2.45, 2.75) is 26.4 Å². The van der Waals surface area contributed by atoms with E-state index in [0.29, 0.717) is 31.6 Å². The fraction of sp³-hybridized carbons (Fsp3) is 0.357. The molecule has 0 aliphatic rings. The molecule has 0 aliphatic heterocycles. The third-order valence-electron chi connectivity index (χ3n) is 3.03. The predicted molar refractivity (Wildman–Crippen MR) is 76.6 cm³/mol. The van der Waals surface area contributed by atoms with Crippen LogP contribution in [0.1, 0.15) is 18.2 Å². The molecular weight excluding hydrogens is 256 g/mol. The Hall–Kier alpha value is -2.21. The summed E-state index contributed by atoms with van der Waals surface area (Å²) in [5.41, 5.74) is 0.909. The highest BCUT2D eigenvalue weighted by atomic mass is 16.2. The minimum Gasteiger partial charge on any atom is -0.309 e. The molecule has 0 radical (unpaired) electrons. The van der Waals surface area contributed by atoms with Crippen LogP contribution >= 0.6 is 0 Å². The van der Waals surface area contributed by atoms with Crippen LogP contribution in [-0.4, -0.2) is 21.1 Å². The molecule has 6 heteroatoms. The third-order valence-corrected chi connectivity index (χ3v) is 3.03. The highest BCUT2D eigenvalue weighted by Gasteiger charge is 2.02. The lowest BCUT2D eigenvalue weighted by atomic mass is 10.2. The molecule has 6 nitrogen and oxygen atoms in total. The van der Waals surface area contributed by atoms with Crippen LogP contribution in [-0.2, 0) is 19.5 Å². The Morgan fingerprint density at radius 1 is 1.35 bits per heavy atom. The summed E-state index contributed by atoms with van der Waals surface area (Å²) in [5, 5.41) is 3.22. The van der Waals surface area contributed by atoms with Crippen LogP contribution in [0.5, 0.6) is 0 Å². The molecule has 2 aromatic rings. The van der Waals surface area contributed by atoms with Gasteiger partial charge in [-0.3, -0.25) is 19.3 Å². The first-order valence-corrected chi connectivity index (χ1v) is 6.64. The second-order valence-electron chi connectivity index (χ2n) is 4.46. The smallest absolute Gasteiger partial charge is 0.309 e. The molecular formula is C14H18N4O2. The fourth-order valence-corrected chi connectivity index (χ4v) is 1.89. The second kappa shape index (κ2) is 6.81. The highest BCUT2D eigenvalue weighted by molar-refractivity contribution is 5.04. The van der Waals surface area contributed by atoms with E-state index < -0.39 is 0 Å². The first kappa shape index (κ1) is 14.2. The summed E-state index contributed by atoms with van der Waals surface area (Å²) in [5.74, 6) is 0. The zero-order valence-corrected chi connectivity index (χ0v) is 11.4. The first-order chi connectivity index (χ1) is 9.70. The van der Waals surface area contributed by atoms with Gasteiger partial charge in [0.25, 0.3) is 5.56 Å². The standard InChI is InChI=1S/C14H18N4O2/c1-2-11-10-18(14(20)17-13(11)19)8-7-15-9-12-5-3-4-6-16-12/h3-6,10,15H,2,7-9H2,1H3,(H,17,19,20). The van der Waals surface area contributed by atoms with E-state index in [1.165, 1.54) is 4.57 Å². The molecule has 2 aromatic heterocycles. The van der Waals surface area contributed by atoms with Crippen LogP contribution in [0.4, 0.5) is 0 Å². The molecule has 0 amide bonds. The van der Waals surface area contributed by atoms with Crippen molar-refractivity contribution < 1.29 is 0 Å². The van der Waals surface area contributed by atoms with Gasteiger partial charge in [0.1, 0.15) is 0 Å². The van der Waals surface area contributed by atoms with Crippen LogP contribution in [0.15, 0.2) is 40.2 Å². The Morgan fingerprint density at radius 2 is 2.20 bits per heavy atom. The van der Waals surface area contributed by atoms with Gasteiger partial charge in [-0.2, -0.15) is 0 Å². The number of rotatable bonds is 6. The van der Waals surface area contributed by atoms with Crippen LogP contribution in [0.25, 0.3) is 0 Å². The number of aryl methyl sites for hydroxylation is 1. The molecule has 0 atom stereocenters. The van der Waals surface area contributed by atoms with E-state index in [1.54, 1.807) is 12.4 Å². The minimum absolute atomic E-state index is 0.296. The lowest BCUT2D eigenvalue weighted by Gasteiger charge is -2.08. The average Bonchev–Trinajstić information content (AvgIpc) is 2.46. The Balaban J connectivity index is 1.91. The van der Waals surface area contributed by atoms with Crippen molar-refractivity contribution in [3.05, 3.63) is 62.7 Å². The zero-order chi connectivity index (χ0) is 14.4. The van der Waals surface area contributed by atoms with E-state index in [2.05, 4.69) is 15.3 Å². The topological polar surface area (TPSA) is 79.8 Å². The van der Waals surface area contributed by atoms with Gasteiger partial charge < -0.3 is 5.32 Å². The maximum absolute atomic E-state index is 11.6. The van der Waals surface area contributed by atoms with Crippen molar-refractivity contribution >= 4 is 0 Å². The number of H-pyrrole nitrogens is 1. The molecule has 0 aliphatic carbocycles. The van der Waals surface area contributed by atoms with E-state index in [1.807, 2.05) is 25.1 Å². The molecule has 2 N–H and O–H groups in total. The van der Waals surface area contributed by atoms with E-state index in [-0.39, 0.29) is 11.2 Å². The minimum atomic E-state index is -0.369. The van der Waals surface area contributed by atoms with Crippen molar-refractivity contribution in [2.75, 3.05) is 6.54 Å². The Morgan fingerprint density at radius 3 is 2.90 bits per heavy atom. The lowest BCUT2D eigenvalue weighted by molar-refractivity contribution is 0.567. The number of aromatic nitrogens is 3. The Bertz CT molecular complexity index is 661. The van der Waals surface area contributed by atoms with E-state index in [0.717, 1.165) is 5.69 Å². The average molecular weight is 274 g/mol. The maximum Gasteiger partial charge on any atom is 0.328 e. The van der Waals surface area contributed by atoms with Gasteiger partial charge in [-0.25, -0.2) is 4.79 Å². The largest absolute Gasteiger partial charge is 0.328 e. The normalized spacial score (nSPS) is 10.7. The molecule has 2 heterocycles. The van der Waals surface area contributed by atoms with Crippen molar-refractivity contribution in [1.82, 2.24) is 19.9 Å². The maximum atomic E-state index is 11.6.